The van der Waals surface area contributed by atoms with Crippen molar-refractivity contribution in [3.63, 3.8) is 0 Å². The van der Waals surface area contributed by atoms with Gasteiger partial charge in [0, 0.05) is 3.57 Å². The summed E-state index contributed by atoms with van der Waals surface area (Å²) in [7, 11) is 0. The van der Waals surface area contributed by atoms with E-state index in [0.29, 0.717) is 0 Å². The normalized spacial score (nSPS) is 9.50. The molecule has 0 radical (unpaired) electrons. The van der Waals surface area contributed by atoms with Crippen LogP contribution in [-0.2, 0) is 0 Å². The SMILES string of the molecule is Fc1ccc(NI)c(I)c1. The average molecular weight is 363 g/mol. The maximum atomic E-state index is 12.4. The van der Waals surface area contributed by atoms with Gasteiger partial charge in [-0.2, -0.15) is 0 Å². The van der Waals surface area contributed by atoms with Crippen molar-refractivity contribution < 1.29 is 4.39 Å². The molecule has 0 aliphatic carbocycles. The summed E-state index contributed by atoms with van der Waals surface area (Å²) >= 11 is 4.09. The molecule has 0 spiro atoms. The van der Waals surface area contributed by atoms with Crippen LogP contribution in [0, 0.1) is 9.39 Å². The molecule has 1 rings (SSSR count). The molecule has 54 valence electrons. The van der Waals surface area contributed by atoms with E-state index in [2.05, 4.69) is 26.1 Å². The summed E-state index contributed by atoms with van der Waals surface area (Å²) in [5, 5.41) is 0. The second-order valence-corrected chi connectivity index (χ2v) is 3.42. The summed E-state index contributed by atoms with van der Waals surface area (Å²) in [6.07, 6.45) is 0. The Morgan fingerprint density at radius 3 is 2.60 bits per heavy atom. The molecular formula is C6H4FI2N. The highest BCUT2D eigenvalue weighted by Crippen LogP contribution is 2.19. The van der Waals surface area contributed by atoms with Gasteiger partial charge in [0.1, 0.15) is 5.82 Å². The summed E-state index contributed by atoms with van der Waals surface area (Å²) in [6.45, 7) is 0. The second-order valence-electron chi connectivity index (χ2n) is 1.72. The first-order valence-corrected chi connectivity index (χ1v) is 4.71. The lowest BCUT2D eigenvalue weighted by Gasteiger charge is -1.99. The van der Waals surface area contributed by atoms with Gasteiger partial charge >= 0.3 is 0 Å². The van der Waals surface area contributed by atoms with Gasteiger partial charge in [-0.1, -0.05) is 0 Å². The molecular weight excluding hydrogens is 359 g/mol. The lowest BCUT2D eigenvalue weighted by molar-refractivity contribution is 0.627. The van der Waals surface area contributed by atoms with Gasteiger partial charge in [-0.15, -0.1) is 0 Å². The molecule has 0 saturated carbocycles. The van der Waals surface area contributed by atoms with Gasteiger partial charge in [-0.25, -0.2) is 4.39 Å². The molecule has 0 heterocycles. The highest BCUT2D eigenvalue weighted by Gasteiger charge is 1.97. The molecule has 1 aromatic rings. The quantitative estimate of drug-likeness (QED) is 0.597. The summed E-state index contributed by atoms with van der Waals surface area (Å²) in [5.41, 5.74) is 0.947. The van der Waals surface area contributed by atoms with Gasteiger partial charge in [-0.05, 0) is 40.8 Å². The zero-order valence-electron chi connectivity index (χ0n) is 4.87. The Morgan fingerprint density at radius 2 is 2.10 bits per heavy atom. The highest BCUT2D eigenvalue weighted by atomic mass is 127. The average Bonchev–Trinajstić information content (AvgIpc) is 1.88. The van der Waals surface area contributed by atoms with Gasteiger partial charge < -0.3 is 3.53 Å². The molecule has 0 fully saturated rings. The van der Waals surface area contributed by atoms with Crippen LogP contribution in [0.15, 0.2) is 18.2 Å². The number of halogens is 3. The molecule has 1 nitrogen and oxygen atoms in total. The molecule has 1 aromatic carbocycles. The highest BCUT2D eigenvalue weighted by molar-refractivity contribution is 14.1. The zero-order valence-corrected chi connectivity index (χ0v) is 9.18. The molecule has 10 heavy (non-hydrogen) atoms. The van der Waals surface area contributed by atoms with Crippen LogP contribution < -0.4 is 3.53 Å². The van der Waals surface area contributed by atoms with Crippen molar-refractivity contribution in [2.24, 2.45) is 0 Å². The van der Waals surface area contributed by atoms with Crippen molar-refractivity contribution in [2.45, 2.75) is 0 Å². The Bertz CT molecular complexity index is 239. The van der Waals surface area contributed by atoms with Crippen LogP contribution in [0.5, 0.6) is 0 Å². The van der Waals surface area contributed by atoms with Crippen molar-refractivity contribution in [1.29, 1.82) is 0 Å². The van der Waals surface area contributed by atoms with Crippen molar-refractivity contribution in [2.75, 3.05) is 3.53 Å². The van der Waals surface area contributed by atoms with Gasteiger partial charge in [0.25, 0.3) is 0 Å². The third-order valence-corrected chi connectivity index (χ3v) is 2.51. The summed E-state index contributed by atoms with van der Waals surface area (Å²) in [4.78, 5) is 0. The fourth-order valence-corrected chi connectivity index (χ4v) is 2.16. The lowest BCUT2D eigenvalue weighted by atomic mass is 10.3. The van der Waals surface area contributed by atoms with Crippen LogP contribution >= 0.6 is 45.5 Å². The maximum Gasteiger partial charge on any atom is 0.124 e. The molecule has 0 saturated heterocycles. The Labute approximate surface area is 86.0 Å². The molecule has 0 amide bonds. The largest absolute Gasteiger partial charge is 0.327 e. The Kier molecular flexibility index (Phi) is 3.15. The van der Waals surface area contributed by atoms with Crippen molar-refractivity contribution in [1.82, 2.24) is 0 Å². The van der Waals surface area contributed by atoms with E-state index < -0.39 is 0 Å². The van der Waals surface area contributed by atoms with E-state index in [1.54, 1.807) is 6.07 Å². The van der Waals surface area contributed by atoms with Gasteiger partial charge in [0.2, 0.25) is 0 Å². The molecule has 1 N–H and O–H groups in total. The van der Waals surface area contributed by atoms with Crippen LogP contribution in [0.4, 0.5) is 10.1 Å². The van der Waals surface area contributed by atoms with Crippen LogP contribution in [-0.4, -0.2) is 0 Å². The summed E-state index contributed by atoms with van der Waals surface area (Å²) < 4.78 is 16.3. The molecule has 4 heteroatoms. The molecule has 0 aliphatic heterocycles. The van der Waals surface area contributed by atoms with E-state index in [9.17, 15) is 4.39 Å². The Morgan fingerprint density at radius 1 is 1.40 bits per heavy atom. The molecule has 0 atom stereocenters. The lowest BCUT2D eigenvalue weighted by Crippen LogP contribution is -1.84. The van der Waals surface area contributed by atoms with E-state index >= 15 is 0 Å². The number of hydrogen-bond acceptors (Lipinski definition) is 1. The van der Waals surface area contributed by atoms with Gasteiger partial charge in [-0.3, -0.25) is 0 Å². The first kappa shape index (κ1) is 8.51. The van der Waals surface area contributed by atoms with Crippen LogP contribution in [0.2, 0.25) is 0 Å². The predicted octanol–water partition coefficient (Wildman–Crippen LogP) is 3.19. The number of benzene rings is 1. The standard InChI is InChI=1S/C6H4FI2N/c7-4-1-2-6(10-9)5(8)3-4/h1-3,10H. The Hall–Kier alpha value is 0.410. The van der Waals surface area contributed by atoms with Crippen LogP contribution in [0.25, 0.3) is 0 Å². The first-order chi connectivity index (χ1) is 4.74. The fraction of sp³-hybridized carbons (Fsp3) is 0. The van der Waals surface area contributed by atoms with E-state index in [-0.39, 0.29) is 5.82 Å². The molecule has 0 aromatic heterocycles. The van der Waals surface area contributed by atoms with Crippen LogP contribution in [0.1, 0.15) is 0 Å². The van der Waals surface area contributed by atoms with Crippen molar-refractivity contribution in [3.05, 3.63) is 27.6 Å². The third kappa shape index (κ3) is 1.94. The topological polar surface area (TPSA) is 12.0 Å². The number of rotatable bonds is 1. The minimum Gasteiger partial charge on any atom is -0.327 e. The predicted molar refractivity (Wildman–Crippen MR) is 56.8 cm³/mol. The minimum atomic E-state index is -0.195. The fourth-order valence-electron chi connectivity index (χ4n) is 0.566. The summed E-state index contributed by atoms with van der Waals surface area (Å²) in [6, 6.07) is 4.63. The molecule has 0 unspecified atom stereocenters. The summed E-state index contributed by atoms with van der Waals surface area (Å²) in [5.74, 6) is -0.195. The minimum absolute atomic E-state index is 0.195. The smallest absolute Gasteiger partial charge is 0.124 e. The zero-order chi connectivity index (χ0) is 7.56. The Balaban J connectivity index is 3.07. The van der Waals surface area contributed by atoms with E-state index in [4.69, 9.17) is 0 Å². The third-order valence-electron chi connectivity index (χ3n) is 1.03. The molecule has 0 aliphatic rings. The van der Waals surface area contributed by atoms with Gasteiger partial charge in [0.05, 0.1) is 28.6 Å². The van der Waals surface area contributed by atoms with Crippen LogP contribution in [0.3, 0.4) is 0 Å². The van der Waals surface area contributed by atoms with Crippen molar-refractivity contribution in [3.8, 4) is 0 Å². The van der Waals surface area contributed by atoms with E-state index in [0.717, 1.165) is 9.26 Å². The number of hydrogen-bond donors (Lipinski definition) is 1. The maximum absolute atomic E-state index is 12.4. The van der Waals surface area contributed by atoms with Crippen molar-refractivity contribution >= 4 is 51.1 Å². The van der Waals surface area contributed by atoms with E-state index in [1.807, 2.05) is 22.9 Å². The monoisotopic (exact) mass is 363 g/mol. The van der Waals surface area contributed by atoms with E-state index in [1.165, 1.54) is 12.1 Å². The number of anilines is 1. The first-order valence-electron chi connectivity index (χ1n) is 2.55. The second kappa shape index (κ2) is 3.70. The van der Waals surface area contributed by atoms with Gasteiger partial charge in [0.15, 0.2) is 0 Å². The number of nitrogens with one attached hydrogen (secondary N) is 1. The molecule has 0 bridgehead atoms.